The number of hydrogen-bond donors (Lipinski definition) is 1. The van der Waals surface area contributed by atoms with E-state index in [0.29, 0.717) is 35.1 Å². The Hall–Kier alpha value is -3.70. The molecule has 3 atom stereocenters. The summed E-state index contributed by atoms with van der Waals surface area (Å²) in [6.07, 6.45) is 4.39. The average molecular weight is 619 g/mol. The molecule has 2 aromatic carbocycles. The molecular weight excluding hydrogens is 584 g/mol. The molecule has 0 radical (unpaired) electrons. The van der Waals surface area contributed by atoms with E-state index in [1.165, 1.54) is 6.07 Å². The Morgan fingerprint density at radius 3 is 2.64 bits per heavy atom. The predicted octanol–water partition coefficient (Wildman–Crippen LogP) is 5.82. The molecule has 2 unspecified atom stereocenters. The molecule has 11 heteroatoms. The fraction of sp³-hybridized carbons (Fsp3) is 0.424. The first kappa shape index (κ1) is 29.0. The van der Waals surface area contributed by atoms with Crippen LogP contribution in [-0.2, 0) is 28.4 Å². The Bertz CT molecular complexity index is 1680. The molecule has 5 heterocycles. The van der Waals surface area contributed by atoms with Crippen molar-refractivity contribution in [1.29, 1.82) is 0 Å². The van der Waals surface area contributed by atoms with Crippen molar-refractivity contribution in [1.82, 2.24) is 19.4 Å². The molecule has 10 nitrogen and oxygen atoms in total. The van der Waals surface area contributed by atoms with Crippen LogP contribution >= 0.6 is 11.6 Å². The highest BCUT2D eigenvalue weighted by Gasteiger charge is 2.44. The lowest BCUT2D eigenvalue weighted by Crippen LogP contribution is -2.43. The lowest BCUT2D eigenvalue weighted by molar-refractivity contribution is -0.244. The first-order chi connectivity index (χ1) is 21.3. The summed E-state index contributed by atoms with van der Waals surface area (Å²) in [5.41, 5.74) is 3.33. The van der Waals surface area contributed by atoms with Gasteiger partial charge in [0.25, 0.3) is 5.79 Å². The molecule has 4 aromatic rings. The molecule has 44 heavy (non-hydrogen) atoms. The third-order valence-electron chi connectivity index (χ3n) is 9.04. The van der Waals surface area contributed by atoms with Crippen molar-refractivity contribution in [2.24, 2.45) is 5.92 Å². The zero-order chi connectivity index (χ0) is 30.4. The molecule has 2 saturated heterocycles. The number of aromatic nitrogens is 3. The summed E-state index contributed by atoms with van der Waals surface area (Å²) < 4.78 is 26.6. The van der Waals surface area contributed by atoms with E-state index in [1.807, 2.05) is 31.2 Å². The maximum absolute atomic E-state index is 11.9. The molecule has 0 bridgehead atoms. The van der Waals surface area contributed by atoms with Gasteiger partial charge in [0.15, 0.2) is 0 Å². The Morgan fingerprint density at radius 2 is 1.95 bits per heavy atom. The van der Waals surface area contributed by atoms with E-state index in [4.69, 9.17) is 35.5 Å². The summed E-state index contributed by atoms with van der Waals surface area (Å²) in [5, 5.41) is 10.3. The number of piperidine rings is 1. The SMILES string of the molecule is COc1cc(C(=O)O)cc2c1nc(CN1CCC(C3OC(C)(c4ccc(Cl)cn4)Oc4ccccc43)CC1)n2C[C@@H]1CCO1. The van der Waals surface area contributed by atoms with Gasteiger partial charge in [0, 0.05) is 25.3 Å². The second kappa shape index (κ2) is 11.7. The van der Waals surface area contributed by atoms with Crippen LogP contribution < -0.4 is 9.47 Å². The van der Waals surface area contributed by atoms with Crippen molar-refractivity contribution in [2.45, 2.75) is 57.3 Å². The Labute approximate surface area is 260 Å². The monoisotopic (exact) mass is 618 g/mol. The highest BCUT2D eigenvalue weighted by atomic mass is 35.5. The average Bonchev–Trinajstić information content (AvgIpc) is 3.35. The summed E-state index contributed by atoms with van der Waals surface area (Å²) >= 11 is 6.11. The van der Waals surface area contributed by atoms with Crippen LogP contribution in [0.25, 0.3) is 11.0 Å². The van der Waals surface area contributed by atoms with Crippen molar-refractivity contribution in [2.75, 3.05) is 26.8 Å². The summed E-state index contributed by atoms with van der Waals surface area (Å²) in [7, 11) is 1.55. The van der Waals surface area contributed by atoms with Gasteiger partial charge in [-0.3, -0.25) is 9.88 Å². The third kappa shape index (κ3) is 5.40. The quantitative estimate of drug-likeness (QED) is 0.261. The molecule has 1 N–H and O–H groups in total. The minimum absolute atomic E-state index is 0.0894. The molecule has 7 rings (SSSR count). The number of methoxy groups -OCH3 is 1. The number of imidazole rings is 1. The second-order valence-electron chi connectivity index (χ2n) is 11.9. The molecule has 230 valence electrons. The number of hydrogen-bond acceptors (Lipinski definition) is 8. The number of carboxylic acids is 1. The van der Waals surface area contributed by atoms with E-state index >= 15 is 0 Å². The van der Waals surface area contributed by atoms with Crippen LogP contribution in [0.15, 0.2) is 54.7 Å². The molecule has 0 amide bonds. The van der Waals surface area contributed by atoms with Crippen LogP contribution in [0.3, 0.4) is 0 Å². The number of para-hydroxylation sites is 1. The van der Waals surface area contributed by atoms with Crippen molar-refractivity contribution in [3.05, 3.63) is 82.4 Å². The number of likely N-dealkylation sites (tertiary alicyclic amines) is 1. The number of pyridine rings is 1. The molecule has 3 aliphatic rings. The number of fused-ring (bicyclic) bond motifs is 2. The van der Waals surface area contributed by atoms with Gasteiger partial charge in [0.2, 0.25) is 0 Å². The Balaban J connectivity index is 1.12. The minimum Gasteiger partial charge on any atom is -0.494 e. The topological polar surface area (TPSA) is 108 Å². The minimum atomic E-state index is -1.04. The summed E-state index contributed by atoms with van der Waals surface area (Å²) in [6, 6.07) is 15.0. The Morgan fingerprint density at radius 1 is 1.16 bits per heavy atom. The zero-order valence-electron chi connectivity index (χ0n) is 24.7. The number of rotatable bonds is 8. The number of aromatic carboxylic acids is 1. The van der Waals surface area contributed by atoms with Gasteiger partial charge < -0.3 is 28.6 Å². The Kier molecular flexibility index (Phi) is 7.70. The van der Waals surface area contributed by atoms with Crippen LogP contribution in [-0.4, -0.2) is 63.4 Å². The largest absolute Gasteiger partial charge is 0.494 e. The first-order valence-electron chi connectivity index (χ1n) is 15.0. The fourth-order valence-corrected chi connectivity index (χ4v) is 6.66. The summed E-state index contributed by atoms with van der Waals surface area (Å²) in [5.74, 6) is 0.394. The second-order valence-corrected chi connectivity index (χ2v) is 12.3. The summed E-state index contributed by atoms with van der Waals surface area (Å²) in [6.45, 7) is 5.65. The maximum Gasteiger partial charge on any atom is 0.335 e. The number of benzene rings is 2. The van der Waals surface area contributed by atoms with E-state index in [1.54, 1.807) is 25.4 Å². The van der Waals surface area contributed by atoms with Gasteiger partial charge in [-0.05, 0) is 68.6 Å². The summed E-state index contributed by atoms with van der Waals surface area (Å²) in [4.78, 5) is 23.8. The molecule has 2 fully saturated rings. The van der Waals surface area contributed by atoms with Crippen molar-refractivity contribution < 1.29 is 28.8 Å². The highest BCUT2D eigenvalue weighted by Crippen LogP contribution is 2.48. The van der Waals surface area contributed by atoms with Gasteiger partial charge in [-0.15, -0.1) is 0 Å². The normalized spacial score (nSPS) is 24.0. The van der Waals surface area contributed by atoms with E-state index in [9.17, 15) is 9.90 Å². The van der Waals surface area contributed by atoms with Crippen molar-refractivity contribution >= 4 is 28.6 Å². The van der Waals surface area contributed by atoms with Gasteiger partial charge in [0.05, 0.1) is 48.5 Å². The number of carboxylic acid groups (broad SMARTS) is 1. The van der Waals surface area contributed by atoms with E-state index in [2.05, 4.69) is 20.5 Å². The van der Waals surface area contributed by atoms with Gasteiger partial charge in [-0.1, -0.05) is 29.8 Å². The first-order valence-corrected chi connectivity index (χ1v) is 15.4. The molecule has 0 saturated carbocycles. The number of ether oxygens (including phenoxy) is 4. The number of halogens is 1. The zero-order valence-corrected chi connectivity index (χ0v) is 25.5. The van der Waals surface area contributed by atoms with Gasteiger partial charge >= 0.3 is 5.97 Å². The van der Waals surface area contributed by atoms with E-state index < -0.39 is 11.8 Å². The van der Waals surface area contributed by atoms with Crippen molar-refractivity contribution in [3.63, 3.8) is 0 Å². The molecule has 3 aliphatic heterocycles. The number of carbonyl (C=O) groups is 1. The molecule has 0 aliphatic carbocycles. The van der Waals surface area contributed by atoms with Crippen LogP contribution in [0.1, 0.15) is 59.7 Å². The highest BCUT2D eigenvalue weighted by molar-refractivity contribution is 6.30. The van der Waals surface area contributed by atoms with Gasteiger partial charge in [-0.2, -0.15) is 0 Å². The third-order valence-corrected chi connectivity index (χ3v) is 9.27. The molecule has 0 spiro atoms. The van der Waals surface area contributed by atoms with Crippen LogP contribution in [0.4, 0.5) is 0 Å². The predicted molar refractivity (Wildman–Crippen MR) is 163 cm³/mol. The lowest BCUT2D eigenvalue weighted by Gasteiger charge is -2.44. The molecule has 2 aromatic heterocycles. The van der Waals surface area contributed by atoms with Crippen molar-refractivity contribution in [3.8, 4) is 11.5 Å². The lowest BCUT2D eigenvalue weighted by atomic mass is 9.86. The smallest absolute Gasteiger partial charge is 0.335 e. The van der Waals surface area contributed by atoms with E-state index in [0.717, 1.165) is 61.6 Å². The standard InChI is InChI=1S/C33H35ClN4O6/c1-33(28-8-7-22(34)17-35-28)43-26-6-4-3-5-24(26)31(44-33)20-9-12-37(13-10-20)19-29-36-30-25(38(29)18-23-11-14-42-23)15-21(32(39)40)16-27(30)41-2/h3-8,15-17,20,23,31H,9-14,18-19H2,1-2H3,(H,39,40)/t23-,31?,33?/m0/s1. The van der Waals surface area contributed by atoms with Gasteiger partial charge in [-0.25, -0.2) is 9.78 Å². The van der Waals surface area contributed by atoms with Crippen LogP contribution in [0, 0.1) is 5.92 Å². The van der Waals surface area contributed by atoms with E-state index in [-0.39, 0.29) is 23.7 Å². The molecular formula is C33H35ClN4O6. The fourth-order valence-electron chi connectivity index (χ4n) is 6.54. The van der Waals surface area contributed by atoms with Crippen LogP contribution in [0.5, 0.6) is 11.5 Å². The number of nitrogens with zero attached hydrogens (tertiary/aromatic N) is 4. The van der Waals surface area contributed by atoms with Gasteiger partial charge in [0.1, 0.15) is 28.5 Å². The van der Waals surface area contributed by atoms with Crippen LogP contribution in [0.2, 0.25) is 5.02 Å². The maximum atomic E-state index is 11.9.